The van der Waals surface area contributed by atoms with Gasteiger partial charge < -0.3 is 4.74 Å². The molecule has 4 nitrogen and oxygen atoms in total. The van der Waals surface area contributed by atoms with Gasteiger partial charge in [0.1, 0.15) is 0 Å². The molecule has 0 aliphatic carbocycles. The lowest BCUT2D eigenvalue weighted by Gasteiger charge is -2.30. The van der Waals surface area contributed by atoms with E-state index in [1.54, 1.807) is 0 Å². The normalized spacial score (nSPS) is 21.4. The fraction of sp³-hybridized carbons (Fsp3) is 0.400. The first-order chi connectivity index (χ1) is 9.38. The molecule has 2 unspecified atom stereocenters. The minimum atomic E-state index is 0.0340. The summed E-state index contributed by atoms with van der Waals surface area (Å²) >= 11 is 0. The number of benzene rings is 1. The molecule has 100 valence electrons. The third-order valence-electron chi connectivity index (χ3n) is 3.76. The van der Waals surface area contributed by atoms with Gasteiger partial charge >= 0.3 is 0 Å². The molecule has 0 bridgehead atoms. The number of hydrazine groups is 1. The Morgan fingerprint density at radius 2 is 2.26 bits per heavy atom. The molecule has 1 aliphatic heterocycles. The van der Waals surface area contributed by atoms with E-state index in [1.807, 2.05) is 12.3 Å². The highest BCUT2D eigenvalue weighted by atomic mass is 16.5. The number of pyridine rings is 1. The Labute approximate surface area is 112 Å². The molecule has 1 aromatic heterocycles. The molecule has 4 heteroatoms. The highest BCUT2D eigenvalue weighted by molar-refractivity contribution is 5.79. The van der Waals surface area contributed by atoms with E-state index in [9.17, 15) is 0 Å². The van der Waals surface area contributed by atoms with E-state index in [-0.39, 0.29) is 12.1 Å². The molecule has 2 heterocycles. The lowest BCUT2D eigenvalue weighted by molar-refractivity contribution is -0.00819. The van der Waals surface area contributed by atoms with Crippen molar-refractivity contribution in [2.75, 3.05) is 6.61 Å². The highest BCUT2D eigenvalue weighted by Gasteiger charge is 2.25. The maximum Gasteiger partial charge on any atom is 0.0782 e. The lowest BCUT2D eigenvalue weighted by Crippen LogP contribution is -2.39. The van der Waals surface area contributed by atoms with Gasteiger partial charge in [0, 0.05) is 18.2 Å². The van der Waals surface area contributed by atoms with Gasteiger partial charge in [0.25, 0.3) is 0 Å². The third-order valence-corrected chi connectivity index (χ3v) is 3.76. The van der Waals surface area contributed by atoms with Gasteiger partial charge in [-0.1, -0.05) is 18.2 Å². The van der Waals surface area contributed by atoms with Crippen LogP contribution in [-0.2, 0) is 4.74 Å². The second kappa shape index (κ2) is 5.65. The zero-order chi connectivity index (χ0) is 13.1. The van der Waals surface area contributed by atoms with Crippen LogP contribution in [0.25, 0.3) is 10.9 Å². The molecule has 1 fully saturated rings. The number of nitrogens with zero attached hydrogens (tertiary/aromatic N) is 1. The SMILES string of the molecule is NNC(c1ccc2cccnc2c1)C1CCCCO1. The van der Waals surface area contributed by atoms with Crippen LogP contribution in [0.1, 0.15) is 30.9 Å². The third kappa shape index (κ3) is 2.61. The minimum Gasteiger partial charge on any atom is -0.376 e. The Kier molecular flexibility index (Phi) is 3.73. The predicted octanol–water partition coefficient (Wildman–Crippen LogP) is 2.31. The van der Waals surface area contributed by atoms with Crippen LogP contribution < -0.4 is 11.3 Å². The quantitative estimate of drug-likeness (QED) is 0.654. The Balaban J connectivity index is 1.91. The fourth-order valence-corrected chi connectivity index (χ4v) is 2.72. The summed E-state index contributed by atoms with van der Waals surface area (Å²) < 4.78 is 5.83. The summed E-state index contributed by atoms with van der Waals surface area (Å²) in [5.41, 5.74) is 5.04. The summed E-state index contributed by atoms with van der Waals surface area (Å²) in [5.74, 6) is 5.73. The van der Waals surface area contributed by atoms with Crippen LogP contribution >= 0.6 is 0 Å². The van der Waals surface area contributed by atoms with Crippen molar-refractivity contribution in [2.45, 2.75) is 31.4 Å². The number of fused-ring (bicyclic) bond motifs is 1. The summed E-state index contributed by atoms with van der Waals surface area (Å²) in [6, 6.07) is 10.3. The maximum atomic E-state index is 5.83. The number of hydrogen-bond acceptors (Lipinski definition) is 4. The maximum absolute atomic E-state index is 5.83. The van der Waals surface area contributed by atoms with Crippen LogP contribution in [-0.4, -0.2) is 17.7 Å². The van der Waals surface area contributed by atoms with Gasteiger partial charge in [0.2, 0.25) is 0 Å². The summed E-state index contributed by atoms with van der Waals surface area (Å²) in [6.07, 6.45) is 5.37. The first-order valence-corrected chi connectivity index (χ1v) is 6.81. The number of hydrogen-bond donors (Lipinski definition) is 2. The molecule has 3 rings (SSSR count). The van der Waals surface area contributed by atoms with Gasteiger partial charge in [0.15, 0.2) is 0 Å². The molecule has 1 aliphatic rings. The van der Waals surface area contributed by atoms with E-state index < -0.39 is 0 Å². The molecular formula is C15H19N3O. The Morgan fingerprint density at radius 3 is 3.05 bits per heavy atom. The predicted molar refractivity (Wildman–Crippen MR) is 75.4 cm³/mol. The monoisotopic (exact) mass is 257 g/mol. The number of rotatable bonds is 3. The molecule has 0 radical (unpaired) electrons. The van der Waals surface area contributed by atoms with E-state index in [2.05, 4.69) is 34.7 Å². The van der Waals surface area contributed by atoms with Crippen molar-refractivity contribution in [2.24, 2.45) is 5.84 Å². The van der Waals surface area contributed by atoms with E-state index in [0.717, 1.165) is 35.9 Å². The molecule has 1 saturated heterocycles. The fourth-order valence-electron chi connectivity index (χ4n) is 2.72. The van der Waals surface area contributed by atoms with Crippen molar-refractivity contribution in [1.82, 2.24) is 10.4 Å². The Hall–Kier alpha value is -1.49. The van der Waals surface area contributed by atoms with Gasteiger partial charge in [-0.05, 0) is 37.0 Å². The largest absolute Gasteiger partial charge is 0.376 e. The first kappa shape index (κ1) is 12.5. The summed E-state index contributed by atoms with van der Waals surface area (Å²) in [5, 5.41) is 1.14. The zero-order valence-corrected chi connectivity index (χ0v) is 10.9. The van der Waals surface area contributed by atoms with Crippen molar-refractivity contribution in [3.63, 3.8) is 0 Å². The van der Waals surface area contributed by atoms with E-state index in [4.69, 9.17) is 10.6 Å². The number of nitrogens with one attached hydrogen (secondary N) is 1. The smallest absolute Gasteiger partial charge is 0.0782 e. The first-order valence-electron chi connectivity index (χ1n) is 6.81. The molecule has 0 amide bonds. The van der Waals surface area contributed by atoms with Crippen LogP contribution in [0.2, 0.25) is 0 Å². The second-order valence-corrected chi connectivity index (χ2v) is 5.00. The van der Waals surface area contributed by atoms with Crippen LogP contribution in [0, 0.1) is 0 Å². The van der Waals surface area contributed by atoms with Crippen LogP contribution in [0.5, 0.6) is 0 Å². The number of ether oxygens (including phenoxy) is 1. The van der Waals surface area contributed by atoms with E-state index >= 15 is 0 Å². The Bertz CT molecular complexity index is 552. The molecule has 2 aromatic rings. The molecular weight excluding hydrogens is 238 g/mol. The van der Waals surface area contributed by atoms with E-state index in [0.29, 0.717) is 0 Å². The average molecular weight is 257 g/mol. The lowest BCUT2D eigenvalue weighted by atomic mass is 9.95. The van der Waals surface area contributed by atoms with Crippen molar-refractivity contribution in [3.8, 4) is 0 Å². The van der Waals surface area contributed by atoms with Gasteiger partial charge in [-0.3, -0.25) is 16.3 Å². The van der Waals surface area contributed by atoms with Gasteiger partial charge in [-0.2, -0.15) is 0 Å². The Morgan fingerprint density at radius 1 is 1.32 bits per heavy atom. The summed E-state index contributed by atoms with van der Waals surface area (Å²) in [6.45, 7) is 0.828. The van der Waals surface area contributed by atoms with Gasteiger partial charge in [-0.15, -0.1) is 0 Å². The highest BCUT2D eigenvalue weighted by Crippen LogP contribution is 2.27. The van der Waals surface area contributed by atoms with Crippen LogP contribution in [0.3, 0.4) is 0 Å². The number of aromatic nitrogens is 1. The summed E-state index contributed by atoms with van der Waals surface area (Å²) in [7, 11) is 0. The molecule has 0 spiro atoms. The second-order valence-electron chi connectivity index (χ2n) is 5.00. The number of nitrogens with two attached hydrogens (primary N) is 1. The molecule has 2 atom stereocenters. The van der Waals surface area contributed by atoms with Crippen LogP contribution in [0.15, 0.2) is 36.5 Å². The molecule has 1 aromatic carbocycles. The zero-order valence-electron chi connectivity index (χ0n) is 10.9. The van der Waals surface area contributed by atoms with Gasteiger partial charge in [0.05, 0.1) is 17.7 Å². The minimum absolute atomic E-state index is 0.0340. The van der Waals surface area contributed by atoms with Crippen molar-refractivity contribution >= 4 is 10.9 Å². The molecule has 19 heavy (non-hydrogen) atoms. The van der Waals surface area contributed by atoms with Crippen molar-refractivity contribution < 1.29 is 4.74 Å². The van der Waals surface area contributed by atoms with Crippen LogP contribution in [0.4, 0.5) is 0 Å². The summed E-state index contributed by atoms with van der Waals surface area (Å²) in [4.78, 5) is 4.39. The standard InChI is InChI=1S/C15H19N3O/c16-18-15(14-5-1-2-9-19-14)12-7-6-11-4-3-8-17-13(11)10-12/h3-4,6-8,10,14-15,18H,1-2,5,9,16H2. The topological polar surface area (TPSA) is 60.2 Å². The van der Waals surface area contributed by atoms with Crippen molar-refractivity contribution in [3.05, 3.63) is 42.1 Å². The molecule has 3 N–H and O–H groups in total. The molecule has 0 saturated carbocycles. The average Bonchev–Trinajstić information content (AvgIpc) is 2.49. The van der Waals surface area contributed by atoms with E-state index in [1.165, 1.54) is 6.42 Å². The van der Waals surface area contributed by atoms with Gasteiger partial charge in [-0.25, -0.2) is 0 Å². The van der Waals surface area contributed by atoms with Crippen molar-refractivity contribution in [1.29, 1.82) is 0 Å².